The molecule has 2 amide bonds. The van der Waals surface area contributed by atoms with Crippen LogP contribution in [0.15, 0.2) is 71.8 Å². The number of carbonyl (C=O) groups is 2. The molecule has 1 aliphatic heterocycles. The summed E-state index contributed by atoms with van der Waals surface area (Å²) in [6, 6.07) is 17.1. The average molecular weight is 439 g/mol. The Hall–Kier alpha value is -3.50. The second kappa shape index (κ2) is 8.70. The van der Waals surface area contributed by atoms with Gasteiger partial charge < -0.3 is 10.6 Å². The standard InChI is InChI=1S/C21H21N5O4S/c27-20-15-25(13-12-22-20)31(29,30)18-8-6-17(7-9-18)21(28)24-19-10-11-23-26(19)14-16-4-2-1-3-5-16/h1-11H,12-15H2,(H,22,27)(H,24,28). The largest absolute Gasteiger partial charge is 0.354 e. The quantitative estimate of drug-likeness (QED) is 0.601. The number of hydrogen-bond donors (Lipinski definition) is 2. The van der Waals surface area contributed by atoms with E-state index in [9.17, 15) is 18.0 Å². The molecule has 4 rings (SSSR count). The lowest BCUT2D eigenvalue weighted by Crippen LogP contribution is -2.49. The Bertz CT molecular complexity index is 1190. The number of aromatic nitrogens is 2. The molecule has 1 aromatic heterocycles. The van der Waals surface area contributed by atoms with E-state index in [0.717, 1.165) is 9.87 Å². The van der Waals surface area contributed by atoms with Crippen LogP contribution in [0.25, 0.3) is 0 Å². The van der Waals surface area contributed by atoms with Crippen molar-refractivity contribution in [1.82, 2.24) is 19.4 Å². The molecule has 9 nitrogen and oxygen atoms in total. The molecule has 10 heteroatoms. The Morgan fingerprint density at radius 1 is 1.06 bits per heavy atom. The Morgan fingerprint density at radius 2 is 1.81 bits per heavy atom. The smallest absolute Gasteiger partial charge is 0.256 e. The monoisotopic (exact) mass is 439 g/mol. The number of carbonyl (C=O) groups excluding carboxylic acids is 2. The van der Waals surface area contributed by atoms with Crippen LogP contribution in [-0.2, 0) is 21.4 Å². The number of benzene rings is 2. The number of nitrogens with one attached hydrogen (secondary N) is 2. The minimum absolute atomic E-state index is 0.0351. The Labute approximate surface area is 179 Å². The van der Waals surface area contributed by atoms with Crippen molar-refractivity contribution in [2.45, 2.75) is 11.4 Å². The van der Waals surface area contributed by atoms with Crippen molar-refractivity contribution in [2.75, 3.05) is 25.0 Å². The van der Waals surface area contributed by atoms with Crippen molar-refractivity contribution in [1.29, 1.82) is 0 Å². The van der Waals surface area contributed by atoms with E-state index in [1.165, 1.54) is 24.3 Å². The Kier molecular flexibility index (Phi) is 5.83. The van der Waals surface area contributed by atoms with Crippen molar-refractivity contribution in [2.24, 2.45) is 0 Å². The Balaban J connectivity index is 1.46. The lowest BCUT2D eigenvalue weighted by Gasteiger charge is -2.25. The lowest BCUT2D eigenvalue weighted by molar-refractivity contribution is -0.122. The molecule has 0 radical (unpaired) electrons. The fraction of sp³-hybridized carbons (Fsp3) is 0.190. The van der Waals surface area contributed by atoms with Crippen LogP contribution < -0.4 is 10.6 Å². The first-order valence-corrected chi connectivity index (χ1v) is 11.1. The SMILES string of the molecule is O=C1CN(S(=O)(=O)c2ccc(C(=O)Nc3ccnn3Cc3ccccc3)cc2)CCN1. The van der Waals surface area contributed by atoms with Crippen LogP contribution in [0.4, 0.5) is 5.82 Å². The fourth-order valence-electron chi connectivity index (χ4n) is 3.26. The van der Waals surface area contributed by atoms with E-state index in [-0.39, 0.29) is 36.3 Å². The number of anilines is 1. The highest BCUT2D eigenvalue weighted by Crippen LogP contribution is 2.18. The summed E-state index contributed by atoms with van der Waals surface area (Å²) in [7, 11) is -3.80. The van der Waals surface area contributed by atoms with Crippen molar-refractivity contribution >= 4 is 27.7 Å². The maximum Gasteiger partial charge on any atom is 0.256 e. The van der Waals surface area contributed by atoms with Crippen molar-refractivity contribution in [3.05, 3.63) is 78.0 Å². The number of sulfonamides is 1. The minimum atomic E-state index is -3.80. The molecule has 0 aliphatic carbocycles. The Morgan fingerprint density at radius 3 is 2.52 bits per heavy atom. The van der Waals surface area contributed by atoms with Gasteiger partial charge in [0.25, 0.3) is 5.91 Å². The van der Waals surface area contributed by atoms with Gasteiger partial charge in [0.15, 0.2) is 0 Å². The van der Waals surface area contributed by atoms with Gasteiger partial charge in [-0.1, -0.05) is 30.3 Å². The third-order valence-electron chi connectivity index (χ3n) is 4.89. The highest BCUT2D eigenvalue weighted by Gasteiger charge is 2.29. The first-order chi connectivity index (χ1) is 14.9. The van der Waals surface area contributed by atoms with Gasteiger partial charge in [-0.3, -0.25) is 9.59 Å². The van der Waals surface area contributed by atoms with Gasteiger partial charge in [0.05, 0.1) is 24.2 Å². The van der Waals surface area contributed by atoms with Gasteiger partial charge in [-0.15, -0.1) is 0 Å². The maximum atomic E-state index is 12.7. The summed E-state index contributed by atoms with van der Waals surface area (Å²) in [5, 5.41) is 9.65. The molecule has 0 atom stereocenters. The summed E-state index contributed by atoms with van der Waals surface area (Å²) in [5.41, 5.74) is 1.35. The molecule has 0 bridgehead atoms. The molecule has 1 saturated heterocycles. The van der Waals surface area contributed by atoms with Crippen LogP contribution in [0.2, 0.25) is 0 Å². The summed E-state index contributed by atoms with van der Waals surface area (Å²) >= 11 is 0. The topological polar surface area (TPSA) is 113 Å². The zero-order chi connectivity index (χ0) is 21.8. The van der Waals surface area contributed by atoms with Crippen LogP contribution in [0.5, 0.6) is 0 Å². The van der Waals surface area contributed by atoms with Gasteiger partial charge >= 0.3 is 0 Å². The van der Waals surface area contributed by atoms with Crippen molar-refractivity contribution in [3.63, 3.8) is 0 Å². The normalized spacial score (nSPS) is 14.8. The number of nitrogens with zero attached hydrogens (tertiary/aromatic N) is 3. The van der Waals surface area contributed by atoms with Gasteiger partial charge in [-0.25, -0.2) is 13.1 Å². The summed E-state index contributed by atoms with van der Waals surface area (Å²) < 4.78 is 28.2. The maximum absolute atomic E-state index is 12.7. The predicted octanol–water partition coefficient (Wildman–Crippen LogP) is 1.30. The third-order valence-corrected chi connectivity index (χ3v) is 6.75. The second-order valence-electron chi connectivity index (χ2n) is 7.03. The van der Waals surface area contributed by atoms with E-state index in [1.54, 1.807) is 16.9 Å². The first kappa shape index (κ1) is 20.8. The van der Waals surface area contributed by atoms with Crippen LogP contribution in [0.1, 0.15) is 15.9 Å². The number of rotatable bonds is 6. The van der Waals surface area contributed by atoms with E-state index in [0.29, 0.717) is 17.9 Å². The lowest BCUT2D eigenvalue weighted by atomic mass is 10.2. The predicted molar refractivity (Wildman–Crippen MR) is 114 cm³/mol. The fourth-order valence-corrected chi connectivity index (χ4v) is 4.65. The van der Waals surface area contributed by atoms with E-state index < -0.39 is 10.0 Å². The average Bonchev–Trinajstić information content (AvgIpc) is 3.21. The summed E-state index contributed by atoms with van der Waals surface area (Å²) in [6.07, 6.45) is 1.60. The highest BCUT2D eigenvalue weighted by atomic mass is 32.2. The van der Waals surface area contributed by atoms with E-state index in [2.05, 4.69) is 15.7 Å². The molecule has 2 N–H and O–H groups in total. The molecule has 0 spiro atoms. The van der Waals surface area contributed by atoms with Gasteiger partial charge in [-0.05, 0) is 29.8 Å². The molecule has 160 valence electrons. The first-order valence-electron chi connectivity index (χ1n) is 9.67. The van der Waals surface area contributed by atoms with E-state index in [4.69, 9.17) is 0 Å². The van der Waals surface area contributed by atoms with Gasteiger partial charge in [0.2, 0.25) is 15.9 Å². The molecular formula is C21H21N5O4S. The zero-order valence-corrected chi connectivity index (χ0v) is 17.4. The summed E-state index contributed by atoms with van der Waals surface area (Å²) in [5.74, 6) is -0.182. The number of hydrogen-bond acceptors (Lipinski definition) is 5. The number of amides is 2. The van der Waals surface area contributed by atoms with E-state index >= 15 is 0 Å². The van der Waals surface area contributed by atoms with Crippen molar-refractivity contribution < 1.29 is 18.0 Å². The van der Waals surface area contributed by atoms with Crippen LogP contribution in [0, 0.1) is 0 Å². The summed E-state index contributed by atoms with van der Waals surface area (Å²) in [4.78, 5) is 24.2. The molecule has 2 heterocycles. The van der Waals surface area contributed by atoms with Gasteiger partial charge in [-0.2, -0.15) is 9.40 Å². The molecule has 1 aliphatic rings. The zero-order valence-electron chi connectivity index (χ0n) is 16.6. The second-order valence-corrected chi connectivity index (χ2v) is 8.96. The van der Waals surface area contributed by atoms with Gasteiger partial charge in [0.1, 0.15) is 5.82 Å². The van der Waals surface area contributed by atoms with Crippen molar-refractivity contribution in [3.8, 4) is 0 Å². The van der Waals surface area contributed by atoms with Crippen LogP contribution in [0.3, 0.4) is 0 Å². The molecule has 3 aromatic rings. The molecule has 1 fully saturated rings. The highest BCUT2D eigenvalue weighted by molar-refractivity contribution is 7.89. The minimum Gasteiger partial charge on any atom is -0.354 e. The van der Waals surface area contributed by atoms with E-state index in [1.807, 2.05) is 30.3 Å². The van der Waals surface area contributed by atoms with Gasteiger partial charge in [0, 0.05) is 24.7 Å². The number of piperazine rings is 1. The van der Waals surface area contributed by atoms with Crippen LogP contribution >= 0.6 is 0 Å². The molecule has 31 heavy (non-hydrogen) atoms. The molecule has 0 unspecified atom stereocenters. The summed E-state index contributed by atoms with van der Waals surface area (Å²) in [6.45, 7) is 0.775. The van der Waals surface area contributed by atoms with Crippen LogP contribution in [-0.4, -0.2) is 54.0 Å². The molecule has 2 aromatic carbocycles. The molecule has 0 saturated carbocycles. The molecular weight excluding hydrogens is 418 g/mol. The third kappa shape index (κ3) is 4.65.